The second kappa shape index (κ2) is 12.5. The van der Waals surface area contributed by atoms with Crippen molar-refractivity contribution in [3.63, 3.8) is 0 Å². The van der Waals surface area contributed by atoms with E-state index in [1.54, 1.807) is 50.2 Å². The van der Waals surface area contributed by atoms with Crippen molar-refractivity contribution in [3.05, 3.63) is 95.3 Å². The molecule has 0 aliphatic heterocycles. The predicted molar refractivity (Wildman–Crippen MR) is 142 cm³/mol. The van der Waals surface area contributed by atoms with Gasteiger partial charge in [0, 0.05) is 30.5 Å². The highest BCUT2D eigenvalue weighted by atomic mass is 32.2. The molecule has 0 radical (unpaired) electrons. The molecule has 0 fully saturated rings. The smallest absolute Gasteiger partial charge is 0.251 e. The Morgan fingerprint density at radius 3 is 2.46 bits per heavy atom. The minimum absolute atomic E-state index is 0.0240. The maximum absolute atomic E-state index is 13.1. The van der Waals surface area contributed by atoms with Crippen LogP contribution >= 0.6 is 11.8 Å². The number of carbonyl (C=O) groups excluding carboxylic acids is 1. The summed E-state index contributed by atoms with van der Waals surface area (Å²) in [7, 11) is 3.31. The van der Waals surface area contributed by atoms with Crippen LogP contribution in [-0.4, -0.2) is 41.5 Å². The lowest BCUT2D eigenvalue weighted by Crippen LogP contribution is -2.22. The third-order valence-corrected chi connectivity index (χ3v) is 6.81. The van der Waals surface area contributed by atoms with Gasteiger partial charge in [-0.25, -0.2) is 4.39 Å². The van der Waals surface area contributed by atoms with Gasteiger partial charge in [0.25, 0.3) is 5.91 Å². The van der Waals surface area contributed by atoms with Crippen LogP contribution in [0.15, 0.2) is 78.0 Å². The largest absolute Gasteiger partial charge is 0.497 e. The van der Waals surface area contributed by atoms with Gasteiger partial charge in [-0.2, -0.15) is 0 Å². The molecule has 0 spiro atoms. The first-order valence-electron chi connectivity index (χ1n) is 11.8. The zero-order valence-corrected chi connectivity index (χ0v) is 21.8. The van der Waals surface area contributed by atoms with Crippen molar-refractivity contribution >= 4 is 17.7 Å². The van der Waals surface area contributed by atoms with Crippen molar-refractivity contribution in [3.8, 4) is 17.1 Å². The molecule has 3 aromatic carbocycles. The number of nitrogens with zero attached hydrogens (tertiary/aromatic N) is 3. The summed E-state index contributed by atoms with van der Waals surface area (Å²) >= 11 is 1.57. The predicted octanol–water partition coefficient (Wildman–Crippen LogP) is 5.52. The van der Waals surface area contributed by atoms with E-state index in [4.69, 9.17) is 9.47 Å². The van der Waals surface area contributed by atoms with E-state index in [0.29, 0.717) is 24.5 Å². The Morgan fingerprint density at radius 2 is 1.76 bits per heavy atom. The molecule has 0 aliphatic carbocycles. The van der Waals surface area contributed by atoms with Crippen LogP contribution in [0.3, 0.4) is 0 Å². The number of thioether (sulfide) groups is 1. The number of hydrogen-bond acceptors (Lipinski definition) is 6. The van der Waals surface area contributed by atoms with E-state index >= 15 is 0 Å². The van der Waals surface area contributed by atoms with Crippen LogP contribution in [0, 0.1) is 5.82 Å². The van der Waals surface area contributed by atoms with Crippen molar-refractivity contribution < 1.29 is 18.7 Å². The second-order valence-electron chi connectivity index (χ2n) is 8.51. The molecule has 1 amide bonds. The van der Waals surface area contributed by atoms with Crippen molar-refractivity contribution in [1.82, 2.24) is 20.1 Å². The number of nitrogens with one attached hydrogen (secondary N) is 1. The number of ether oxygens (including phenoxy) is 2. The number of methoxy groups -OCH3 is 2. The van der Waals surface area contributed by atoms with Crippen LogP contribution < -0.4 is 10.1 Å². The van der Waals surface area contributed by atoms with Crippen LogP contribution in [0.1, 0.15) is 34.5 Å². The van der Waals surface area contributed by atoms with Gasteiger partial charge in [-0.05, 0) is 54.4 Å². The van der Waals surface area contributed by atoms with Gasteiger partial charge in [-0.3, -0.25) is 9.36 Å². The van der Waals surface area contributed by atoms with Crippen LogP contribution in [0.5, 0.6) is 5.75 Å². The molecule has 1 N–H and O–H groups in total. The third kappa shape index (κ3) is 6.75. The number of hydrogen-bond donors (Lipinski definition) is 1. The van der Waals surface area contributed by atoms with E-state index in [9.17, 15) is 9.18 Å². The van der Waals surface area contributed by atoms with Gasteiger partial charge in [0.05, 0.1) is 19.8 Å². The fourth-order valence-electron chi connectivity index (χ4n) is 3.83. The summed E-state index contributed by atoms with van der Waals surface area (Å²) in [5.41, 5.74) is 3.37. The third-order valence-electron chi connectivity index (χ3n) is 5.79. The number of benzene rings is 3. The minimum atomic E-state index is -0.300. The highest BCUT2D eigenvalue weighted by molar-refractivity contribution is 7.98. The molecule has 192 valence electrons. The van der Waals surface area contributed by atoms with Gasteiger partial charge < -0.3 is 14.8 Å². The average molecular weight is 521 g/mol. The molecule has 4 aromatic rings. The summed E-state index contributed by atoms with van der Waals surface area (Å²) in [5, 5.41) is 12.6. The summed E-state index contributed by atoms with van der Waals surface area (Å²) in [4.78, 5) is 12.5. The quantitative estimate of drug-likeness (QED) is 0.262. The van der Waals surface area contributed by atoms with Crippen LogP contribution in [0.25, 0.3) is 11.4 Å². The molecular weight excluding hydrogens is 491 g/mol. The van der Waals surface area contributed by atoms with Crippen LogP contribution in [0.4, 0.5) is 4.39 Å². The highest BCUT2D eigenvalue weighted by Gasteiger charge is 2.20. The molecule has 0 bridgehead atoms. The van der Waals surface area contributed by atoms with E-state index in [0.717, 1.165) is 33.4 Å². The normalized spacial score (nSPS) is 11.8. The van der Waals surface area contributed by atoms with E-state index in [2.05, 4.69) is 27.0 Å². The molecule has 0 saturated heterocycles. The Balaban J connectivity index is 1.43. The van der Waals surface area contributed by atoms with Gasteiger partial charge in [0.1, 0.15) is 11.6 Å². The SMILES string of the molecule is COCC(C)n1c(SCc2ccc(C(=O)NCc3ccc(F)cc3)cc2)nnc1-c1cccc(OC)c1. The first-order chi connectivity index (χ1) is 18.0. The Bertz CT molecular complexity index is 1330. The number of rotatable bonds is 11. The summed E-state index contributed by atoms with van der Waals surface area (Å²) in [6.07, 6.45) is 0. The molecule has 7 nitrogen and oxygen atoms in total. The number of carbonyl (C=O) groups is 1. The maximum Gasteiger partial charge on any atom is 0.251 e. The van der Waals surface area contributed by atoms with E-state index in [-0.39, 0.29) is 17.8 Å². The van der Waals surface area contributed by atoms with Crippen molar-refractivity contribution in [1.29, 1.82) is 0 Å². The maximum atomic E-state index is 13.1. The monoisotopic (exact) mass is 520 g/mol. The lowest BCUT2D eigenvalue weighted by Gasteiger charge is -2.17. The molecular formula is C28H29FN4O3S. The van der Waals surface area contributed by atoms with Crippen molar-refractivity contribution in [2.24, 2.45) is 0 Å². The van der Waals surface area contributed by atoms with Crippen molar-refractivity contribution in [2.45, 2.75) is 30.4 Å². The summed E-state index contributed by atoms with van der Waals surface area (Å²) in [5.74, 6) is 1.68. The molecule has 0 aliphatic rings. The van der Waals surface area contributed by atoms with Gasteiger partial charge in [0.2, 0.25) is 0 Å². The fourth-order valence-corrected chi connectivity index (χ4v) is 4.83. The Hall–Kier alpha value is -3.69. The van der Waals surface area contributed by atoms with Gasteiger partial charge in [0.15, 0.2) is 11.0 Å². The molecule has 1 atom stereocenters. The summed E-state index contributed by atoms with van der Waals surface area (Å²) in [6.45, 7) is 2.92. The van der Waals surface area contributed by atoms with Gasteiger partial charge in [-0.15, -0.1) is 10.2 Å². The zero-order chi connectivity index (χ0) is 26.2. The Morgan fingerprint density at radius 1 is 1.03 bits per heavy atom. The molecule has 37 heavy (non-hydrogen) atoms. The fraction of sp³-hybridized carbons (Fsp3) is 0.250. The second-order valence-corrected chi connectivity index (χ2v) is 9.45. The molecule has 0 saturated carbocycles. The van der Waals surface area contributed by atoms with Gasteiger partial charge in [-0.1, -0.05) is 48.2 Å². The lowest BCUT2D eigenvalue weighted by molar-refractivity contribution is 0.0951. The summed E-state index contributed by atoms with van der Waals surface area (Å²) < 4.78 is 25.9. The molecule has 1 unspecified atom stereocenters. The lowest BCUT2D eigenvalue weighted by atomic mass is 10.1. The summed E-state index contributed by atoms with van der Waals surface area (Å²) in [6, 6.07) is 21.3. The Kier molecular flexibility index (Phi) is 8.92. The molecule has 9 heteroatoms. The van der Waals surface area contributed by atoms with E-state index in [1.807, 2.05) is 36.4 Å². The van der Waals surface area contributed by atoms with E-state index < -0.39 is 0 Å². The average Bonchev–Trinajstić information content (AvgIpc) is 3.36. The van der Waals surface area contributed by atoms with Crippen LogP contribution in [0.2, 0.25) is 0 Å². The minimum Gasteiger partial charge on any atom is -0.497 e. The number of amides is 1. The number of aromatic nitrogens is 3. The first kappa shape index (κ1) is 26.4. The molecule has 1 aromatic heterocycles. The van der Waals surface area contributed by atoms with Crippen LogP contribution in [-0.2, 0) is 17.0 Å². The molecule has 4 rings (SSSR count). The van der Waals surface area contributed by atoms with E-state index in [1.165, 1.54) is 12.1 Å². The standard InChI is InChI=1S/C28H29FN4O3S/c1-19(17-35-2)33-26(23-5-4-6-25(15-23)36-3)31-32-28(33)37-18-21-7-11-22(12-8-21)27(34)30-16-20-9-13-24(29)14-10-20/h4-15,19H,16-18H2,1-3H3,(H,30,34). The van der Waals surface area contributed by atoms with Crippen molar-refractivity contribution in [2.75, 3.05) is 20.8 Å². The number of halogens is 1. The molecule has 1 heterocycles. The zero-order valence-electron chi connectivity index (χ0n) is 21.0. The highest BCUT2D eigenvalue weighted by Crippen LogP contribution is 2.31. The first-order valence-corrected chi connectivity index (χ1v) is 12.8. The Labute approximate surface area is 220 Å². The van der Waals surface area contributed by atoms with Gasteiger partial charge >= 0.3 is 0 Å². The topological polar surface area (TPSA) is 78.3 Å².